The second-order valence-corrected chi connectivity index (χ2v) is 5.81. The van der Waals surface area contributed by atoms with Crippen molar-refractivity contribution >= 4 is 11.6 Å². The van der Waals surface area contributed by atoms with E-state index < -0.39 is 6.10 Å². The Morgan fingerprint density at radius 2 is 2.12 bits per heavy atom. The molecule has 2 aromatic rings. The first kappa shape index (κ1) is 17.7. The summed E-state index contributed by atoms with van der Waals surface area (Å²) in [4.78, 5) is 21.4. The lowest BCUT2D eigenvalue weighted by Gasteiger charge is -2.10. The molecule has 136 valence electrons. The molecule has 3 rings (SSSR count). The Morgan fingerprint density at radius 1 is 1.27 bits per heavy atom. The van der Waals surface area contributed by atoms with Crippen LogP contribution in [0.4, 0.5) is 0 Å². The smallest absolute Gasteiger partial charge is 0.264 e. The van der Waals surface area contributed by atoms with Crippen LogP contribution in [0.15, 0.2) is 53.9 Å². The van der Waals surface area contributed by atoms with Gasteiger partial charge in [0.2, 0.25) is 6.10 Å². The van der Waals surface area contributed by atoms with Gasteiger partial charge >= 0.3 is 0 Å². The third kappa shape index (κ3) is 4.95. The quantitative estimate of drug-likeness (QED) is 0.732. The molecule has 0 fully saturated rings. The van der Waals surface area contributed by atoms with E-state index >= 15 is 0 Å². The molecule has 1 aliphatic rings. The fourth-order valence-corrected chi connectivity index (χ4v) is 2.54. The average Bonchev–Trinajstić information content (AvgIpc) is 3.15. The predicted molar refractivity (Wildman–Crippen MR) is 96.4 cm³/mol. The van der Waals surface area contributed by atoms with Crippen LogP contribution in [-0.4, -0.2) is 43.0 Å². The number of amides is 1. The molecule has 7 heteroatoms. The maximum atomic E-state index is 12.1. The summed E-state index contributed by atoms with van der Waals surface area (Å²) in [5, 5.41) is 6.83. The second-order valence-electron chi connectivity index (χ2n) is 5.81. The van der Waals surface area contributed by atoms with Crippen molar-refractivity contribution in [2.24, 2.45) is 5.16 Å². The van der Waals surface area contributed by atoms with Crippen molar-refractivity contribution in [2.75, 3.05) is 20.3 Å². The zero-order chi connectivity index (χ0) is 18.2. The largest absolute Gasteiger partial charge is 0.497 e. The summed E-state index contributed by atoms with van der Waals surface area (Å²) in [6, 6.07) is 11.4. The maximum absolute atomic E-state index is 12.1. The van der Waals surface area contributed by atoms with Crippen molar-refractivity contribution in [1.29, 1.82) is 0 Å². The van der Waals surface area contributed by atoms with E-state index in [2.05, 4.69) is 15.5 Å². The third-order valence-electron chi connectivity index (χ3n) is 3.89. The minimum Gasteiger partial charge on any atom is -0.497 e. The molecule has 1 atom stereocenters. The van der Waals surface area contributed by atoms with Crippen LogP contribution in [-0.2, 0) is 16.1 Å². The van der Waals surface area contributed by atoms with Crippen LogP contribution >= 0.6 is 0 Å². The summed E-state index contributed by atoms with van der Waals surface area (Å²) < 4.78 is 10.6. The Labute approximate surface area is 152 Å². The number of nitrogens with zero attached hydrogens (tertiary/aromatic N) is 2. The molecule has 0 saturated heterocycles. The average molecular weight is 355 g/mol. The van der Waals surface area contributed by atoms with E-state index in [1.807, 2.05) is 30.3 Å². The van der Waals surface area contributed by atoms with Gasteiger partial charge in [0.15, 0.2) is 0 Å². The second kappa shape index (κ2) is 8.84. The highest BCUT2D eigenvalue weighted by Crippen LogP contribution is 2.17. The number of carbonyl (C=O) groups excluding carboxylic acids is 1. The Balaban J connectivity index is 1.37. The lowest BCUT2D eigenvalue weighted by Crippen LogP contribution is -2.37. The molecule has 1 aliphatic heterocycles. The number of hydrogen-bond donors (Lipinski definition) is 1. The summed E-state index contributed by atoms with van der Waals surface area (Å²) in [6.07, 6.45) is 3.86. The van der Waals surface area contributed by atoms with E-state index in [1.165, 1.54) is 0 Å². The first-order valence-corrected chi connectivity index (χ1v) is 8.39. The summed E-state index contributed by atoms with van der Waals surface area (Å²) in [6.45, 7) is 0.755. The normalized spacial score (nSPS) is 15.7. The number of ether oxygens (including phenoxy) is 2. The molecule has 0 spiro atoms. The number of benzene rings is 1. The highest BCUT2D eigenvalue weighted by molar-refractivity contribution is 5.93. The first-order valence-electron chi connectivity index (χ1n) is 8.39. The van der Waals surface area contributed by atoms with E-state index in [1.54, 1.807) is 25.6 Å². The molecule has 26 heavy (non-hydrogen) atoms. The molecule has 1 aromatic heterocycles. The molecule has 0 bridgehead atoms. The van der Waals surface area contributed by atoms with Crippen molar-refractivity contribution in [3.8, 4) is 11.5 Å². The Hall–Kier alpha value is -3.09. The van der Waals surface area contributed by atoms with Crippen LogP contribution < -0.4 is 14.8 Å². The number of rotatable bonds is 8. The minimum atomic E-state index is -0.582. The van der Waals surface area contributed by atoms with Crippen LogP contribution in [0.3, 0.4) is 0 Å². The number of oxime groups is 1. The van der Waals surface area contributed by atoms with Gasteiger partial charge in [-0.05, 0) is 29.8 Å². The molecular formula is C19H21N3O4. The van der Waals surface area contributed by atoms with Gasteiger partial charge in [-0.3, -0.25) is 9.78 Å². The lowest BCUT2D eigenvalue weighted by molar-refractivity contribution is -0.131. The molecule has 0 radical (unpaired) electrons. The van der Waals surface area contributed by atoms with E-state index in [-0.39, 0.29) is 5.91 Å². The van der Waals surface area contributed by atoms with Gasteiger partial charge < -0.3 is 19.6 Å². The summed E-state index contributed by atoms with van der Waals surface area (Å²) in [5.41, 5.74) is 1.95. The van der Waals surface area contributed by atoms with Gasteiger partial charge in [0, 0.05) is 19.0 Å². The number of hydrogen-bond acceptors (Lipinski definition) is 6. The van der Waals surface area contributed by atoms with Gasteiger partial charge in [0.1, 0.15) is 18.1 Å². The molecule has 0 aliphatic carbocycles. The zero-order valence-corrected chi connectivity index (χ0v) is 14.6. The van der Waals surface area contributed by atoms with Gasteiger partial charge in [-0.15, -0.1) is 0 Å². The highest BCUT2D eigenvalue weighted by atomic mass is 16.6. The molecule has 7 nitrogen and oxygen atoms in total. The van der Waals surface area contributed by atoms with Crippen LogP contribution in [0.25, 0.3) is 0 Å². The summed E-state index contributed by atoms with van der Waals surface area (Å²) >= 11 is 0. The first-order chi connectivity index (χ1) is 12.7. The summed E-state index contributed by atoms with van der Waals surface area (Å²) in [5.74, 6) is 1.29. The van der Waals surface area contributed by atoms with Crippen LogP contribution in [0.1, 0.15) is 12.0 Å². The van der Waals surface area contributed by atoms with Gasteiger partial charge in [0.05, 0.1) is 25.6 Å². The SMILES string of the molecule is COc1ccc(CC2=NOC(C(=O)NCCOc3cccnc3)C2)cc1. The standard InChI is InChI=1S/C19H21N3O4/c1-24-16-6-4-14(5-7-16)11-15-12-18(26-22-15)19(23)21-9-10-25-17-3-2-8-20-13-17/h2-8,13,18H,9-12H2,1H3,(H,21,23). The molecule has 1 N–H and O–H groups in total. The number of nitrogens with one attached hydrogen (secondary N) is 1. The van der Waals surface area contributed by atoms with Gasteiger partial charge in [0.25, 0.3) is 5.91 Å². The predicted octanol–water partition coefficient (Wildman–Crippen LogP) is 1.97. The van der Waals surface area contributed by atoms with Crippen molar-refractivity contribution in [1.82, 2.24) is 10.3 Å². The Morgan fingerprint density at radius 3 is 2.85 bits per heavy atom. The molecule has 1 aromatic carbocycles. The Kier molecular flexibility index (Phi) is 6.03. The van der Waals surface area contributed by atoms with Gasteiger partial charge in [-0.2, -0.15) is 0 Å². The fraction of sp³-hybridized carbons (Fsp3) is 0.316. The number of aromatic nitrogens is 1. The molecule has 0 saturated carbocycles. The van der Waals surface area contributed by atoms with Gasteiger partial charge in [-0.25, -0.2) is 0 Å². The number of methoxy groups -OCH3 is 1. The zero-order valence-electron chi connectivity index (χ0n) is 14.6. The molecule has 2 heterocycles. The maximum Gasteiger partial charge on any atom is 0.264 e. The summed E-state index contributed by atoms with van der Waals surface area (Å²) in [7, 11) is 1.63. The van der Waals surface area contributed by atoms with Crippen LogP contribution in [0.5, 0.6) is 11.5 Å². The topological polar surface area (TPSA) is 82.0 Å². The van der Waals surface area contributed by atoms with Crippen LogP contribution in [0.2, 0.25) is 0 Å². The van der Waals surface area contributed by atoms with Crippen molar-refractivity contribution < 1.29 is 19.1 Å². The van der Waals surface area contributed by atoms with Crippen LogP contribution in [0, 0.1) is 0 Å². The van der Waals surface area contributed by atoms with E-state index in [4.69, 9.17) is 14.3 Å². The number of carbonyl (C=O) groups is 1. The lowest BCUT2D eigenvalue weighted by atomic mass is 10.0. The highest BCUT2D eigenvalue weighted by Gasteiger charge is 2.27. The fourth-order valence-electron chi connectivity index (χ4n) is 2.54. The third-order valence-corrected chi connectivity index (χ3v) is 3.89. The number of pyridine rings is 1. The van der Waals surface area contributed by atoms with Gasteiger partial charge in [-0.1, -0.05) is 17.3 Å². The van der Waals surface area contributed by atoms with E-state index in [0.717, 1.165) is 17.0 Å². The van der Waals surface area contributed by atoms with Crippen molar-refractivity contribution in [3.05, 3.63) is 54.4 Å². The molecular weight excluding hydrogens is 334 g/mol. The minimum absolute atomic E-state index is 0.187. The van der Waals surface area contributed by atoms with E-state index in [9.17, 15) is 4.79 Å². The van der Waals surface area contributed by atoms with E-state index in [0.29, 0.717) is 31.7 Å². The monoisotopic (exact) mass is 355 g/mol. The molecule has 1 amide bonds. The Bertz CT molecular complexity index is 747. The van der Waals surface area contributed by atoms with Crippen molar-refractivity contribution in [2.45, 2.75) is 18.9 Å². The molecule has 1 unspecified atom stereocenters. The van der Waals surface area contributed by atoms with Crippen molar-refractivity contribution in [3.63, 3.8) is 0 Å².